The lowest BCUT2D eigenvalue weighted by atomic mass is 10.00. The summed E-state index contributed by atoms with van der Waals surface area (Å²) in [5, 5.41) is 0. The van der Waals surface area contributed by atoms with Crippen molar-refractivity contribution in [2.24, 2.45) is 11.7 Å². The second-order valence-electron chi connectivity index (χ2n) is 5.16. The molecular formula is C13H15F3N2. The van der Waals surface area contributed by atoms with Gasteiger partial charge in [0.15, 0.2) is 0 Å². The first-order valence-corrected chi connectivity index (χ1v) is 6.16. The van der Waals surface area contributed by atoms with Crippen LogP contribution in [-0.4, -0.2) is 19.1 Å². The van der Waals surface area contributed by atoms with E-state index < -0.39 is 11.7 Å². The third kappa shape index (κ3) is 1.68. The highest BCUT2D eigenvalue weighted by atomic mass is 19.4. The van der Waals surface area contributed by atoms with Gasteiger partial charge in [0.1, 0.15) is 0 Å². The predicted molar refractivity (Wildman–Crippen MR) is 63.4 cm³/mol. The van der Waals surface area contributed by atoms with Crippen molar-refractivity contribution in [3.8, 4) is 0 Å². The predicted octanol–water partition coefficient (Wildman–Crippen LogP) is 2.42. The van der Waals surface area contributed by atoms with E-state index in [-0.39, 0.29) is 6.04 Å². The maximum Gasteiger partial charge on any atom is 0.418 e. The van der Waals surface area contributed by atoms with E-state index in [0.29, 0.717) is 24.7 Å². The molecule has 3 rings (SSSR count). The molecule has 0 saturated carbocycles. The third-order valence-electron chi connectivity index (χ3n) is 4.00. The van der Waals surface area contributed by atoms with Crippen LogP contribution in [0.4, 0.5) is 18.9 Å². The average molecular weight is 256 g/mol. The third-order valence-corrected chi connectivity index (χ3v) is 4.00. The zero-order valence-electron chi connectivity index (χ0n) is 9.87. The van der Waals surface area contributed by atoms with Crippen LogP contribution >= 0.6 is 0 Å². The fourth-order valence-corrected chi connectivity index (χ4v) is 3.23. The van der Waals surface area contributed by atoms with Crippen LogP contribution < -0.4 is 10.6 Å². The number of nitrogens with two attached hydrogens (primary N) is 1. The number of hydrogen-bond acceptors (Lipinski definition) is 2. The first-order chi connectivity index (χ1) is 8.50. The lowest BCUT2D eigenvalue weighted by molar-refractivity contribution is -0.137. The fraction of sp³-hybridized carbons (Fsp3) is 0.538. The van der Waals surface area contributed by atoms with Gasteiger partial charge >= 0.3 is 6.18 Å². The van der Waals surface area contributed by atoms with E-state index in [1.165, 1.54) is 12.1 Å². The molecule has 0 bridgehead atoms. The van der Waals surface area contributed by atoms with Gasteiger partial charge in [-0.05, 0) is 36.9 Å². The summed E-state index contributed by atoms with van der Waals surface area (Å²) in [6.45, 7) is 1.21. The van der Waals surface area contributed by atoms with Crippen molar-refractivity contribution in [1.82, 2.24) is 0 Å². The van der Waals surface area contributed by atoms with Crippen LogP contribution in [0.25, 0.3) is 0 Å². The van der Waals surface area contributed by atoms with Gasteiger partial charge in [-0.2, -0.15) is 13.2 Å². The Kier molecular flexibility index (Phi) is 2.55. The van der Waals surface area contributed by atoms with Crippen molar-refractivity contribution in [3.63, 3.8) is 0 Å². The van der Waals surface area contributed by atoms with Gasteiger partial charge < -0.3 is 10.6 Å². The van der Waals surface area contributed by atoms with E-state index in [9.17, 15) is 13.2 Å². The Bertz CT molecular complexity index is 470. The van der Waals surface area contributed by atoms with Crippen molar-refractivity contribution in [2.45, 2.75) is 25.1 Å². The van der Waals surface area contributed by atoms with Crippen molar-refractivity contribution in [2.75, 3.05) is 18.0 Å². The van der Waals surface area contributed by atoms with Crippen molar-refractivity contribution < 1.29 is 13.2 Å². The number of halogens is 3. The van der Waals surface area contributed by atoms with Crippen LogP contribution in [0.3, 0.4) is 0 Å². The molecule has 2 unspecified atom stereocenters. The summed E-state index contributed by atoms with van der Waals surface area (Å²) in [6, 6.07) is 4.69. The second kappa shape index (κ2) is 3.88. The molecule has 98 valence electrons. The largest absolute Gasteiger partial charge is 0.418 e. The normalized spacial score (nSPS) is 26.3. The summed E-state index contributed by atoms with van der Waals surface area (Å²) in [5.41, 5.74) is 6.35. The van der Waals surface area contributed by atoms with Gasteiger partial charge in [0, 0.05) is 12.6 Å². The van der Waals surface area contributed by atoms with E-state index in [0.717, 1.165) is 18.4 Å². The first-order valence-electron chi connectivity index (χ1n) is 6.16. The molecule has 1 saturated heterocycles. The Hall–Kier alpha value is -1.23. The van der Waals surface area contributed by atoms with E-state index in [2.05, 4.69) is 0 Å². The van der Waals surface area contributed by atoms with E-state index in [1.807, 2.05) is 4.90 Å². The fourth-order valence-electron chi connectivity index (χ4n) is 3.23. The van der Waals surface area contributed by atoms with Crippen LogP contribution in [0.5, 0.6) is 0 Å². The number of hydrogen-bond donors (Lipinski definition) is 1. The lowest BCUT2D eigenvalue weighted by Crippen LogP contribution is -2.27. The number of para-hydroxylation sites is 1. The smallest absolute Gasteiger partial charge is 0.367 e. The van der Waals surface area contributed by atoms with Gasteiger partial charge in [-0.1, -0.05) is 12.1 Å². The van der Waals surface area contributed by atoms with Gasteiger partial charge in [0.05, 0.1) is 11.3 Å². The Morgan fingerprint density at radius 2 is 2.11 bits per heavy atom. The lowest BCUT2D eigenvalue weighted by Gasteiger charge is -2.23. The molecule has 0 radical (unpaired) electrons. The molecule has 18 heavy (non-hydrogen) atoms. The van der Waals surface area contributed by atoms with Gasteiger partial charge in [-0.25, -0.2) is 0 Å². The maximum atomic E-state index is 13.0. The summed E-state index contributed by atoms with van der Waals surface area (Å²) >= 11 is 0. The molecule has 2 nitrogen and oxygen atoms in total. The molecule has 2 heterocycles. The molecule has 0 amide bonds. The molecular weight excluding hydrogens is 241 g/mol. The molecule has 2 N–H and O–H groups in total. The molecule has 0 aromatic heterocycles. The van der Waals surface area contributed by atoms with E-state index in [1.54, 1.807) is 6.07 Å². The Morgan fingerprint density at radius 3 is 2.78 bits per heavy atom. The van der Waals surface area contributed by atoms with Crippen LogP contribution in [0, 0.1) is 5.92 Å². The standard InChI is InChI=1S/C13H15F3N2/c14-13(15,16)11-3-1-2-9-5-10-4-8(6-17)7-18(10)12(9)11/h1-3,8,10H,4-7,17H2. The molecule has 5 heteroatoms. The number of nitrogens with zero attached hydrogens (tertiary/aromatic N) is 1. The highest BCUT2D eigenvalue weighted by Crippen LogP contribution is 2.46. The number of alkyl halides is 3. The maximum absolute atomic E-state index is 13.0. The summed E-state index contributed by atoms with van der Waals surface area (Å²) in [6.07, 6.45) is -2.65. The van der Waals surface area contributed by atoms with Crippen molar-refractivity contribution in [1.29, 1.82) is 0 Å². The van der Waals surface area contributed by atoms with Crippen LogP contribution in [0.2, 0.25) is 0 Å². The molecule has 2 aliphatic heterocycles. The molecule has 0 aliphatic carbocycles. The SMILES string of the molecule is NCC1CC2Cc3cccc(C(F)(F)F)c3N2C1. The van der Waals surface area contributed by atoms with Crippen LogP contribution in [-0.2, 0) is 12.6 Å². The molecule has 1 aromatic carbocycles. The monoisotopic (exact) mass is 256 g/mol. The Balaban J connectivity index is 2.03. The van der Waals surface area contributed by atoms with Crippen LogP contribution in [0.15, 0.2) is 18.2 Å². The highest BCUT2D eigenvalue weighted by molar-refractivity contribution is 5.66. The van der Waals surface area contributed by atoms with Gasteiger partial charge in [0.2, 0.25) is 0 Å². The molecule has 1 aromatic rings. The molecule has 0 spiro atoms. The number of rotatable bonds is 1. The average Bonchev–Trinajstić information content (AvgIpc) is 2.83. The molecule has 1 fully saturated rings. The van der Waals surface area contributed by atoms with Gasteiger partial charge in [-0.15, -0.1) is 0 Å². The summed E-state index contributed by atoms with van der Waals surface area (Å²) in [4.78, 5) is 1.91. The minimum atomic E-state index is -4.28. The second-order valence-corrected chi connectivity index (χ2v) is 5.16. The molecule has 2 aliphatic rings. The van der Waals surface area contributed by atoms with Gasteiger partial charge in [0.25, 0.3) is 0 Å². The first kappa shape index (κ1) is 11.8. The van der Waals surface area contributed by atoms with E-state index >= 15 is 0 Å². The topological polar surface area (TPSA) is 29.3 Å². The Labute approximate surface area is 104 Å². The minimum absolute atomic E-state index is 0.206. The van der Waals surface area contributed by atoms with E-state index in [4.69, 9.17) is 5.73 Å². The number of anilines is 1. The quantitative estimate of drug-likeness (QED) is 0.836. The number of benzene rings is 1. The highest BCUT2D eigenvalue weighted by Gasteiger charge is 2.43. The van der Waals surface area contributed by atoms with Gasteiger partial charge in [-0.3, -0.25) is 0 Å². The molecule has 2 atom stereocenters. The van der Waals surface area contributed by atoms with Crippen molar-refractivity contribution in [3.05, 3.63) is 29.3 Å². The summed E-state index contributed by atoms with van der Waals surface area (Å²) in [7, 11) is 0. The zero-order valence-corrected chi connectivity index (χ0v) is 9.87. The zero-order chi connectivity index (χ0) is 12.9. The summed E-state index contributed by atoms with van der Waals surface area (Å²) in [5.74, 6) is 0.324. The van der Waals surface area contributed by atoms with Crippen molar-refractivity contribution >= 4 is 5.69 Å². The summed E-state index contributed by atoms with van der Waals surface area (Å²) < 4.78 is 39.1. The minimum Gasteiger partial charge on any atom is -0.367 e. The number of fused-ring (bicyclic) bond motifs is 3. The van der Waals surface area contributed by atoms with Crippen LogP contribution in [0.1, 0.15) is 17.5 Å². The Morgan fingerprint density at radius 1 is 1.33 bits per heavy atom.